The SMILES string of the molecule is NC1=NC2(CCCCC2)N(c2ccc(C3CCC4(CC3)OCCO4)cc2)C(N)=N1. The Kier molecular flexibility index (Phi) is 4.75. The maximum atomic E-state index is 6.34. The number of anilines is 1. The molecule has 3 fully saturated rings. The van der Waals surface area contributed by atoms with Gasteiger partial charge in [0.15, 0.2) is 5.79 Å². The molecule has 1 saturated heterocycles. The van der Waals surface area contributed by atoms with Gasteiger partial charge < -0.3 is 20.9 Å². The van der Waals surface area contributed by atoms with Gasteiger partial charge in [-0.2, -0.15) is 4.99 Å². The summed E-state index contributed by atoms with van der Waals surface area (Å²) in [7, 11) is 0. The number of guanidine groups is 2. The zero-order valence-corrected chi connectivity index (χ0v) is 17.0. The van der Waals surface area contributed by atoms with E-state index in [1.54, 1.807) is 0 Å². The molecule has 0 atom stereocenters. The normalized spacial score (nSPS) is 26.6. The van der Waals surface area contributed by atoms with E-state index in [4.69, 9.17) is 25.9 Å². The summed E-state index contributed by atoms with van der Waals surface area (Å²) in [6, 6.07) is 8.80. The minimum atomic E-state index is -0.385. The van der Waals surface area contributed by atoms with Gasteiger partial charge in [0.05, 0.1) is 13.2 Å². The first-order chi connectivity index (χ1) is 14.1. The van der Waals surface area contributed by atoms with Crippen molar-refractivity contribution in [1.82, 2.24) is 0 Å². The highest BCUT2D eigenvalue weighted by Gasteiger charge is 2.43. The maximum absolute atomic E-state index is 6.34. The quantitative estimate of drug-likeness (QED) is 0.798. The van der Waals surface area contributed by atoms with E-state index in [1.165, 1.54) is 12.0 Å². The first kappa shape index (κ1) is 18.9. The third kappa shape index (κ3) is 3.40. The molecule has 0 radical (unpaired) electrons. The lowest BCUT2D eigenvalue weighted by Gasteiger charge is -2.45. The summed E-state index contributed by atoms with van der Waals surface area (Å²) < 4.78 is 11.7. The van der Waals surface area contributed by atoms with Crippen molar-refractivity contribution in [3.05, 3.63) is 29.8 Å². The van der Waals surface area contributed by atoms with Gasteiger partial charge in [-0.1, -0.05) is 18.6 Å². The fourth-order valence-electron chi connectivity index (χ4n) is 5.57. The Morgan fingerprint density at radius 2 is 1.55 bits per heavy atom. The number of hydrogen-bond acceptors (Lipinski definition) is 7. The molecule has 7 nitrogen and oxygen atoms in total. The van der Waals surface area contributed by atoms with Gasteiger partial charge in [-0.3, -0.25) is 4.90 Å². The highest BCUT2D eigenvalue weighted by Crippen LogP contribution is 2.43. The molecule has 2 spiro atoms. The topological polar surface area (TPSA) is 98.5 Å². The monoisotopic (exact) mass is 397 g/mol. The number of benzene rings is 1. The van der Waals surface area contributed by atoms with Crippen LogP contribution in [0.5, 0.6) is 0 Å². The van der Waals surface area contributed by atoms with Gasteiger partial charge in [0.25, 0.3) is 0 Å². The summed E-state index contributed by atoms with van der Waals surface area (Å²) in [6.07, 6.45) is 9.54. The van der Waals surface area contributed by atoms with E-state index in [0.29, 0.717) is 17.8 Å². The highest BCUT2D eigenvalue weighted by atomic mass is 16.7. The fraction of sp³-hybridized carbons (Fsp3) is 0.636. The second-order valence-electron chi connectivity index (χ2n) is 8.79. The van der Waals surface area contributed by atoms with Gasteiger partial charge in [0.2, 0.25) is 11.9 Å². The number of nitrogens with zero attached hydrogens (tertiary/aromatic N) is 3. The van der Waals surface area contributed by atoms with Crippen LogP contribution in [0.15, 0.2) is 34.3 Å². The molecule has 2 heterocycles. The predicted molar refractivity (Wildman–Crippen MR) is 114 cm³/mol. The lowest BCUT2D eigenvalue weighted by Crippen LogP contribution is -2.58. The van der Waals surface area contributed by atoms with Crippen LogP contribution >= 0.6 is 0 Å². The molecule has 1 aromatic carbocycles. The molecule has 2 aliphatic heterocycles. The van der Waals surface area contributed by atoms with Crippen molar-refractivity contribution in [2.45, 2.75) is 75.2 Å². The maximum Gasteiger partial charge on any atom is 0.220 e. The van der Waals surface area contributed by atoms with Gasteiger partial charge in [-0.25, -0.2) is 4.99 Å². The van der Waals surface area contributed by atoms with Crippen LogP contribution in [0.2, 0.25) is 0 Å². The van der Waals surface area contributed by atoms with Crippen molar-refractivity contribution in [1.29, 1.82) is 0 Å². The van der Waals surface area contributed by atoms with Crippen molar-refractivity contribution >= 4 is 17.6 Å². The van der Waals surface area contributed by atoms with Gasteiger partial charge in [-0.05, 0) is 62.1 Å². The molecule has 2 saturated carbocycles. The minimum absolute atomic E-state index is 0.296. The first-order valence-corrected chi connectivity index (χ1v) is 11.0. The molecular weight excluding hydrogens is 366 g/mol. The molecular formula is C22H31N5O2. The second kappa shape index (κ2) is 7.29. The second-order valence-corrected chi connectivity index (χ2v) is 8.79. The molecule has 156 valence electrons. The molecule has 29 heavy (non-hydrogen) atoms. The third-order valence-corrected chi connectivity index (χ3v) is 7.04. The van der Waals surface area contributed by atoms with Gasteiger partial charge in [0, 0.05) is 18.5 Å². The van der Waals surface area contributed by atoms with Gasteiger partial charge in [-0.15, -0.1) is 0 Å². The van der Waals surface area contributed by atoms with Crippen molar-refractivity contribution in [2.24, 2.45) is 21.5 Å². The zero-order chi connectivity index (χ0) is 19.9. The lowest BCUT2D eigenvalue weighted by molar-refractivity contribution is -0.178. The summed E-state index contributed by atoms with van der Waals surface area (Å²) in [5, 5.41) is 0. The van der Waals surface area contributed by atoms with E-state index in [1.807, 2.05) is 0 Å². The van der Waals surface area contributed by atoms with Crippen LogP contribution < -0.4 is 16.4 Å². The van der Waals surface area contributed by atoms with E-state index in [-0.39, 0.29) is 11.4 Å². The van der Waals surface area contributed by atoms with Crippen LogP contribution in [0.1, 0.15) is 69.3 Å². The lowest BCUT2D eigenvalue weighted by atomic mass is 9.81. The molecule has 1 aromatic rings. The van der Waals surface area contributed by atoms with E-state index in [9.17, 15) is 0 Å². The van der Waals surface area contributed by atoms with E-state index in [0.717, 1.165) is 70.3 Å². The Labute approximate surface area is 172 Å². The standard InChI is InChI=1S/C22H31N5O2/c23-19-25-20(24)27(21(26-19)10-2-1-3-11-21)18-6-4-16(5-7-18)17-8-12-22(13-9-17)28-14-15-29-22/h4-7,17H,1-3,8-15H2,(H4,23,24,25,26). The fourth-order valence-corrected chi connectivity index (χ4v) is 5.57. The number of rotatable bonds is 2. The molecule has 2 aliphatic carbocycles. The summed E-state index contributed by atoms with van der Waals surface area (Å²) in [5.41, 5.74) is 14.3. The molecule has 7 heteroatoms. The molecule has 0 aromatic heterocycles. The van der Waals surface area contributed by atoms with Gasteiger partial charge >= 0.3 is 0 Å². The van der Waals surface area contributed by atoms with Crippen LogP contribution in [0.25, 0.3) is 0 Å². The molecule has 0 bridgehead atoms. The van der Waals surface area contributed by atoms with Crippen LogP contribution in [0.3, 0.4) is 0 Å². The predicted octanol–water partition coefficient (Wildman–Crippen LogP) is 3.20. The van der Waals surface area contributed by atoms with E-state index >= 15 is 0 Å². The Morgan fingerprint density at radius 3 is 2.21 bits per heavy atom. The Morgan fingerprint density at radius 1 is 0.897 bits per heavy atom. The zero-order valence-electron chi connectivity index (χ0n) is 17.0. The average Bonchev–Trinajstić information content (AvgIpc) is 3.17. The average molecular weight is 398 g/mol. The highest BCUT2D eigenvalue weighted by molar-refractivity contribution is 6.05. The van der Waals surface area contributed by atoms with Crippen molar-refractivity contribution in [3.63, 3.8) is 0 Å². The first-order valence-electron chi connectivity index (χ1n) is 11.0. The van der Waals surface area contributed by atoms with Crippen LogP contribution in [-0.2, 0) is 9.47 Å². The molecule has 0 amide bonds. The number of ether oxygens (including phenoxy) is 2. The van der Waals surface area contributed by atoms with E-state index in [2.05, 4.69) is 34.2 Å². The summed E-state index contributed by atoms with van der Waals surface area (Å²) >= 11 is 0. The van der Waals surface area contributed by atoms with Crippen molar-refractivity contribution in [3.8, 4) is 0 Å². The van der Waals surface area contributed by atoms with Gasteiger partial charge in [0.1, 0.15) is 5.66 Å². The molecule has 5 rings (SSSR count). The number of hydrogen-bond donors (Lipinski definition) is 2. The molecule has 4 N–H and O–H groups in total. The minimum Gasteiger partial charge on any atom is -0.369 e. The number of nitrogens with two attached hydrogens (primary N) is 2. The Hall–Kier alpha value is -2.12. The van der Waals surface area contributed by atoms with E-state index < -0.39 is 0 Å². The van der Waals surface area contributed by atoms with Crippen LogP contribution in [-0.4, -0.2) is 36.6 Å². The largest absolute Gasteiger partial charge is 0.369 e. The van der Waals surface area contributed by atoms with Crippen molar-refractivity contribution in [2.75, 3.05) is 18.1 Å². The van der Waals surface area contributed by atoms with Crippen molar-refractivity contribution < 1.29 is 9.47 Å². The number of aliphatic imine (C=N–C) groups is 2. The van der Waals surface area contributed by atoms with Crippen LogP contribution in [0, 0.1) is 0 Å². The molecule has 4 aliphatic rings. The smallest absolute Gasteiger partial charge is 0.220 e. The Bertz CT molecular complexity index is 797. The molecule has 0 unspecified atom stereocenters. The Balaban J connectivity index is 1.35. The summed E-state index contributed by atoms with van der Waals surface area (Å²) in [5.74, 6) is 0.986. The van der Waals surface area contributed by atoms with Crippen LogP contribution in [0.4, 0.5) is 5.69 Å². The summed E-state index contributed by atoms with van der Waals surface area (Å²) in [6.45, 7) is 1.46. The summed E-state index contributed by atoms with van der Waals surface area (Å²) in [4.78, 5) is 11.1. The third-order valence-electron chi connectivity index (χ3n) is 7.04.